The van der Waals surface area contributed by atoms with E-state index in [0.717, 1.165) is 29.5 Å². The summed E-state index contributed by atoms with van der Waals surface area (Å²) in [6.07, 6.45) is -1.98. The fraction of sp³-hybridized carbons (Fsp3) is 0.484. The van der Waals surface area contributed by atoms with Crippen LogP contribution in [0.2, 0.25) is 0 Å². The standard InChI is InChI=1S/C31H36F2N2O9/c1-31(2,40)24-9-5-18(14-34-24)20(17-4-8-21(43-30(32)33)22(12-17)41-19-6-7-19)11-16-3-10-25(35-13-16)44-29-28(39)27(38)26(37)23(15-36)42-29/h3-5,8-10,12-14,19-20,23,26-30,36-40H,6-7,11,15H2,1-2H3/t20-,23?,26+,27?,28+,29+/m0/s1. The van der Waals surface area contributed by atoms with Crippen LogP contribution in [0.5, 0.6) is 17.4 Å². The molecular formula is C31H36F2N2O9. The molecule has 5 rings (SSSR count). The first-order chi connectivity index (χ1) is 20.9. The smallest absolute Gasteiger partial charge is 0.387 e. The largest absolute Gasteiger partial charge is 0.487 e. The Balaban J connectivity index is 1.40. The van der Waals surface area contributed by atoms with Gasteiger partial charge in [0.05, 0.1) is 18.4 Å². The third-order valence-corrected chi connectivity index (χ3v) is 7.54. The number of benzene rings is 1. The maximum atomic E-state index is 13.1. The number of aliphatic hydroxyl groups excluding tert-OH is 4. The second-order valence-corrected chi connectivity index (χ2v) is 11.5. The molecule has 3 heterocycles. The molecule has 1 saturated heterocycles. The second-order valence-electron chi connectivity index (χ2n) is 11.5. The van der Waals surface area contributed by atoms with Crippen molar-refractivity contribution in [3.8, 4) is 17.4 Å². The molecule has 5 N–H and O–H groups in total. The predicted octanol–water partition coefficient (Wildman–Crippen LogP) is 2.40. The van der Waals surface area contributed by atoms with E-state index in [9.17, 15) is 34.3 Å². The SMILES string of the molecule is CC(C)(O)c1ccc([C@@H](Cc2ccc(O[C@H]3OC(CO)[C@@H](O)C(O)[C@H]3O)nc2)c2ccc(OC(F)F)c(OC3CC3)c2)cn1. The summed E-state index contributed by atoms with van der Waals surface area (Å²) >= 11 is 0. The van der Waals surface area contributed by atoms with E-state index in [1.54, 1.807) is 56.6 Å². The molecule has 238 valence electrons. The summed E-state index contributed by atoms with van der Waals surface area (Å²) in [5.41, 5.74) is 1.64. The Kier molecular flexibility index (Phi) is 9.63. The monoisotopic (exact) mass is 618 g/mol. The lowest BCUT2D eigenvalue weighted by Gasteiger charge is -2.39. The van der Waals surface area contributed by atoms with Crippen LogP contribution in [0.1, 0.15) is 55.0 Å². The van der Waals surface area contributed by atoms with Crippen molar-refractivity contribution in [3.05, 3.63) is 77.2 Å². The van der Waals surface area contributed by atoms with E-state index in [1.165, 1.54) is 6.07 Å². The van der Waals surface area contributed by atoms with E-state index in [2.05, 4.69) is 9.97 Å². The lowest BCUT2D eigenvalue weighted by Crippen LogP contribution is -2.60. The topological polar surface area (TPSA) is 164 Å². The van der Waals surface area contributed by atoms with E-state index in [1.807, 2.05) is 6.07 Å². The first kappa shape index (κ1) is 31.9. The summed E-state index contributed by atoms with van der Waals surface area (Å²) in [7, 11) is 0. The highest BCUT2D eigenvalue weighted by molar-refractivity contribution is 5.47. The summed E-state index contributed by atoms with van der Waals surface area (Å²) in [6.45, 7) is -0.330. The second kappa shape index (κ2) is 13.3. The number of nitrogens with zero attached hydrogens (tertiary/aromatic N) is 2. The van der Waals surface area contributed by atoms with E-state index in [0.29, 0.717) is 12.1 Å². The van der Waals surface area contributed by atoms with E-state index in [4.69, 9.17) is 18.9 Å². The Labute approximate surface area is 252 Å². The summed E-state index contributed by atoms with van der Waals surface area (Å²) in [6, 6.07) is 11.7. The summed E-state index contributed by atoms with van der Waals surface area (Å²) in [4.78, 5) is 8.76. The predicted molar refractivity (Wildman–Crippen MR) is 150 cm³/mol. The fourth-order valence-corrected chi connectivity index (χ4v) is 4.91. The number of hydrogen-bond donors (Lipinski definition) is 5. The molecule has 2 aliphatic rings. The Hall–Kier alpha value is -3.46. The van der Waals surface area contributed by atoms with Gasteiger partial charge in [0.25, 0.3) is 0 Å². The zero-order valence-corrected chi connectivity index (χ0v) is 24.2. The number of pyridine rings is 2. The number of rotatable bonds is 12. The molecule has 6 atom stereocenters. The first-order valence-corrected chi connectivity index (χ1v) is 14.3. The van der Waals surface area contributed by atoms with Crippen molar-refractivity contribution in [3.63, 3.8) is 0 Å². The minimum atomic E-state index is -3.01. The number of aromatic nitrogens is 2. The molecule has 1 aromatic carbocycles. The molecule has 44 heavy (non-hydrogen) atoms. The Morgan fingerprint density at radius 3 is 2.25 bits per heavy atom. The van der Waals surface area contributed by atoms with Crippen molar-refractivity contribution in [1.29, 1.82) is 0 Å². The molecule has 3 aromatic rings. The molecule has 0 spiro atoms. The van der Waals surface area contributed by atoms with Gasteiger partial charge in [-0.25, -0.2) is 4.98 Å². The van der Waals surface area contributed by atoms with Crippen LogP contribution < -0.4 is 14.2 Å². The van der Waals surface area contributed by atoms with Crippen molar-refractivity contribution < 1.29 is 53.3 Å². The average molecular weight is 619 g/mol. The lowest BCUT2D eigenvalue weighted by atomic mass is 9.86. The van der Waals surface area contributed by atoms with Gasteiger partial charge in [-0.2, -0.15) is 8.78 Å². The molecule has 13 heteroatoms. The van der Waals surface area contributed by atoms with Crippen LogP contribution in [-0.2, 0) is 16.8 Å². The fourth-order valence-electron chi connectivity index (χ4n) is 4.91. The van der Waals surface area contributed by atoms with Gasteiger partial charge in [-0.05, 0) is 68.0 Å². The molecule has 0 radical (unpaired) electrons. The Morgan fingerprint density at radius 1 is 0.909 bits per heavy atom. The van der Waals surface area contributed by atoms with Crippen molar-refractivity contribution in [1.82, 2.24) is 9.97 Å². The molecule has 0 amide bonds. The van der Waals surface area contributed by atoms with Gasteiger partial charge in [-0.3, -0.25) is 4.98 Å². The zero-order valence-electron chi connectivity index (χ0n) is 24.2. The van der Waals surface area contributed by atoms with Crippen LogP contribution in [0.15, 0.2) is 54.9 Å². The van der Waals surface area contributed by atoms with Gasteiger partial charge in [-0.15, -0.1) is 0 Å². The minimum absolute atomic E-state index is 0.0544. The highest BCUT2D eigenvalue weighted by Crippen LogP contribution is 2.39. The quantitative estimate of drug-likeness (QED) is 0.203. The first-order valence-electron chi connectivity index (χ1n) is 14.3. The third-order valence-electron chi connectivity index (χ3n) is 7.54. The minimum Gasteiger partial charge on any atom is -0.487 e. The van der Waals surface area contributed by atoms with Gasteiger partial charge in [-0.1, -0.05) is 18.2 Å². The zero-order chi connectivity index (χ0) is 31.6. The van der Waals surface area contributed by atoms with Crippen molar-refractivity contribution in [2.45, 2.75) is 88.1 Å². The molecule has 0 bridgehead atoms. The van der Waals surface area contributed by atoms with Gasteiger partial charge in [0, 0.05) is 24.4 Å². The van der Waals surface area contributed by atoms with Crippen molar-refractivity contribution in [2.75, 3.05) is 6.61 Å². The van der Waals surface area contributed by atoms with Gasteiger partial charge in [0.2, 0.25) is 12.2 Å². The lowest BCUT2D eigenvalue weighted by molar-refractivity contribution is -0.278. The normalized spacial score (nSPS) is 24.6. The summed E-state index contributed by atoms with van der Waals surface area (Å²) < 4.78 is 47.8. The molecule has 1 saturated carbocycles. The van der Waals surface area contributed by atoms with Gasteiger partial charge < -0.3 is 44.5 Å². The Morgan fingerprint density at radius 2 is 1.66 bits per heavy atom. The number of aliphatic hydroxyl groups is 5. The van der Waals surface area contributed by atoms with E-state index in [-0.39, 0.29) is 29.4 Å². The van der Waals surface area contributed by atoms with Gasteiger partial charge in [0.1, 0.15) is 30.0 Å². The van der Waals surface area contributed by atoms with Crippen LogP contribution >= 0.6 is 0 Å². The highest BCUT2D eigenvalue weighted by Gasteiger charge is 2.44. The van der Waals surface area contributed by atoms with Crippen LogP contribution in [0.4, 0.5) is 8.78 Å². The van der Waals surface area contributed by atoms with Crippen molar-refractivity contribution >= 4 is 0 Å². The van der Waals surface area contributed by atoms with Gasteiger partial charge in [0.15, 0.2) is 11.5 Å². The number of halogens is 2. The molecule has 2 unspecified atom stereocenters. The molecule has 1 aliphatic carbocycles. The third kappa shape index (κ3) is 7.60. The molecule has 1 aliphatic heterocycles. The molecule has 11 nitrogen and oxygen atoms in total. The van der Waals surface area contributed by atoms with E-state index < -0.39 is 49.5 Å². The maximum Gasteiger partial charge on any atom is 0.387 e. The molecular weight excluding hydrogens is 582 g/mol. The number of ether oxygens (including phenoxy) is 4. The van der Waals surface area contributed by atoms with E-state index >= 15 is 0 Å². The average Bonchev–Trinajstić information content (AvgIpc) is 3.81. The number of alkyl halides is 2. The van der Waals surface area contributed by atoms with Crippen molar-refractivity contribution in [2.24, 2.45) is 0 Å². The van der Waals surface area contributed by atoms with Crippen LogP contribution in [0, 0.1) is 0 Å². The highest BCUT2D eigenvalue weighted by atomic mass is 19.3. The molecule has 2 fully saturated rings. The maximum absolute atomic E-state index is 13.1. The molecule has 2 aromatic heterocycles. The van der Waals surface area contributed by atoms with Crippen LogP contribution in [-0.4, -0.2) is 85.5 Å². The van der Waals surface area contributed by atoms with Crippen LogP contribution in [0.3, 0.4) is 0 Å². The van der Waals surface area contributed by atoms with Gasteiger partial charge >= 0.3 is 6.61 Å². The number of hydrogen-bond acceptors (Lipinski definition) is 11. The summed E-state index contributed by atoms with van der Waals surface area (Å²) in [5, 5.41) is 50.1. The summed E-state index contributed by atoms with van der Waals surface area (Å²) in [5.74, 6) is -0.0991. The Bertz CT molecular complexity index is 1380. The van der Waals surface area contributed by atoms with Crippen LogP contribution in [0.25, 0.3) is 0 Å².